The van der Waals surface area contributed by atoms with Gasteiger partial charge in [0.05, 0.1) is 5.71 Å². The Morgan fingerprint density at radius 1 is 1.31 bits per heavy atom. The highest BCUT2D eigenvalue weighted by Crippen LogP contribution is 2.20. The standard InChI is InChI=1S/C13H17NO2/c1-9(2)4-5-12-8-11(10(3)14-16)6-7-13(12)15/h4,6-8,15-16H,5H2,1-3H3/b14-10+. The zero-order valence-corrected chi connectivity index (χ0v) is 9.86. The molecule has 0 aliphatic carbocycles. The summed E-state index contributed by atoms with van der Waals surface area (Å²) in [7, 11) is 0. The maximum absolute atomic E-state index is 9.67. The molecule has 0 bridgehead atoms. The molecule has 0 heterocycles. The van der Waals surface area contributed by atoms with E-state index in [4.69, 9.17) is 5.21 Å². The molecule has 0 unspecified atom stereocenters. The van der Waals surface area contributed by atoms with Crippen molar-refractivity contribution in [3.63, 3.8) is 0 Å². The fourth-order valence-electron chi connectivity index (χ4n) is 1.35. The molecule has 1 aromatic carbocycles. The lowest BCUT2D eigenvalue weighted by Gasteiger charge is -2.05. The molecule has 0 saturated heterocycles. The summed E-state index contributed by atoms with van der Waals surface area (Å²) in [6.45, 7) is 5.75. The topological polar surface area (TPSA) is 52.8 Å². The van der Waals surface area contributed by atoms with Crippen LogP contribution in [0.25, 0.3) is 0 Å². The van der Waals surface area contributed by atoms with Crippen LogP contribution in [0.4, 0.5) is 0 Å². The first-order chi connectivity index (χ1) is 7.54. The molecule has 0 spiro atoms. The van der Waals surface area contributed by atoms with Gasteiger partial charge in [-0.3, -0.25) is 0 Å². The number of allylic oxidation sites excluding steroid dienone is 2. The molecule has 86 valence electrons. The van der Waals surface area contributed by atoms with Gasteiger partial charge in [-0.15, -0.1) is 0 Å². The third-order valence-electron chi connectivity index (χ3n) is 2.38. The molecule has 0 aromatic heterocycles. The summed E-state index contributed by atoms with van der Waals surface area (Å²) in [6.07, 6.45) is 2.73. The first-order valence-electron chi connectivity index (χ1n) is 5.19. The molecule has 0 radical (unpaired) electrons. The SMILES string of the molecule is CC(C)=CCc1cc(/C(C)=N/O)ccc1O. The zero-order valence-electron chi connectivity index (χ0n) is 9.86. The molecular formula is C13H17NO2. The quantitative estimate of drug-likeness (QED) is 0.355. The van der Waals surface area contributed by atoms with Gasteiger partial charge in [0.2, 0.25) is 0 Å². The molecule has 0 aliphatic rings. The van der Waals surface area contributed by atoms with Crippen molar-refractivity contribution in [1.82, 2.24) is 0 Å². The Morgan fingerprint density at radius 3 is 2.56 bits per heavy atom. The molecule has 1 rings (SSSR count). The van der Waals surface area contributed by atoms with Gasteiger partial charge >= 0.3 is 0 Å². The number of nitrogens with zero attached hydrogens (tertiary/aromatic N) is 1. The van der Waals surface area contributed by atoms with Crippen LogP contribution in [0.1, 0.15) is 31.9 Å². The highest BCUT2D eigenvalue weighted by molar-refractivity contribution is 5.98. The highest BCUT2D eigenvalue weighted by atomic mass is 16.4. The van der Waals surface area contributed by atoms with Gasteiger partial charge in [0.1, 0.15) is 5.75 Å². The van der Waals surface area contributed by atoms with Crippen LogP contribution in [0.5, 0.6) is 5.75 Å². The predicted molar refractivity (Wildman–Crippen MR) is 65.2 cm³/mol. The maximum atomic E-state index is 9.67. The number of phenolic OH excluding ortho intramolecular Hbond substituents is 1. The van der Waals surface area contributed by atoms with Crippen molar-refractivity contribution in [1.29, 1.82) is 0 Å². The molecule has 0 amide bonds. The minimum Gasteiger partial charge on any atom is -0.508 e. The van der Waals surface area contributed by atoms with Crippen LogP contribution in [0.2, 0.25) is 0 Å². The first-order valence-corrected chi connectivity index (χ1v) is 5.19. The molecule has 0 atom stereocenters. The van der Waals surface area contributed by atoms with Gasteiger partial charge in [0.25, 0.3) is 0 Å². The smallest absolute Gasteiger partial charge is 0.119 e. The summed E-state index contributed by atoms with van der Waals surface area (Å²) < 4.78 is 0. The monoisotopic (exact) mass is 219 g/mol. The van der Waals surface area contributed by atoms with Gasteiger partial charge in [-0.25, -0.2) is 0 Å². The molecule has 1 aromatic rings. The Kier molecular flexibility index (Phi) is 4.11. The van der Waals surface area contributed by atoms with E-state index in [2.05, 4.69) is 5.16 Å². The number of phenols is 1. The van der Waals surface area contributed by atoms with Crippen molar-refractivity contribution in [2.75, 3.05) is 0 Å². The minimum atomic E-state index is 0.270. The number of hydrogen-bond donors (Lipinski definition) is 2. The summed E-state index contributed by atoms with van der Waals surface area (Å²) in [6, 6.07) is 5.19. The number of oxime groups is 1. The fourth-order valence-corrected chi connectivity index (χ4v) is 1.35. The van der Waals surface area contributed by atoms with Crippen molar-refractivity contribution in [3.05, 3.63) is 41.0 Å². The average Bonchev–Trinajstić information content (AvgIpc) is 2.26. The van der Waals surface area contributed by atoms with Crippen molar-refractivity contribution >= 4 is 5.71 Å². The average molecular weight is 219 g/mol. The first kappa shape index (κ1) is 12.3. The Bertz CT molecular complexity index is 430. The van der Waals surface area contributed by atoms with E-state index in [1.807, 2.05) is 26.0 Å². The summed E-state index contributed by atoms with van der Waals surface area (Å²) in [5.41, 5.74) is 3.40. The number of benzene rings is 1. The van der Waals surface area contributed by atoms with Crippen LogP contribution in [-0.4, -0.2) is 16.0 Å². The Balaban J connectivity index is 3.04. The van der Waals surface area contributed by atoms with Gasteiger partial charge in [-0.05, 0) is 56.5 Å². The predicted octanol–water partition coefficient (Wildman–Crippen LogP) is 3.10. The van der Waals surface area contributed by atoms with E-state index in [0.717, 1.165) is 11.1 Å². The summed E-state index contributed by atoms with van der Waals surface area (Å²) >= 11 is 0. The van der Waals surface area contributed by atoms with E-state index in [0.29, 0.717) is 12.1 Å². The van der Waals surface area contributed by atoms with Crippen LogP contribution in [0.15, 0.2) is 35.0 Å². The van der Waals surface area contributed by atoms with Crippen molar-refractivity contribution < 1.29 is 10.3 Å². The Morgan fingerprint density at radius 2 is 2.00 bits per heavy atom. The normalized spacial score (nSPS) is 11.3. The van der Waals surface area contributed by atoms with Crippen LogP contribution in [-0.2, 0) is 6.42 Å². The van der Waals surface area contributed by atoms with Crippen molar-refractivity contribution in [2.45, 2.75) is 27.2 Å². The molecule has 2 N–H and O–H groups in total. The second kappa shape index (κ2) is 5.35. The van der Waals surface area contributed by atoms with Crippen molar-refractivity contribution in [3.8, 4) is 5.75 Å². The van der Waals surface area contributed by atoms with E-state index in [9.17, 15) is 5.11 Å². The molecular weight excluding hydrogens is 202 g/mol. The Hall–Kier alpha value is -1.77. The molecule has 16 heavy (non-hydrogen) atoms. The summed E-state index contributed by atoms with van der Waals surface area (Å²) in [4.78, 5) is 0. The van der Waals surface area contributed by atoms with Crippen LogP contribution < -0.4 is 0 Å². The zero-order chi connectivity index (χ0) is 12.1. The third-order valence-corrected chi connectivity index (χ3v) is 2.38. The second-order valence-electron chi connectivity index (χ2n) is 4.01. The molecule has 0 fully saturated rings. The summed E-state index contributed by atoms with van der Waals surface area (Å²) in [5, 5.41) is 21.5. The third kappa shape index (κ3) is 3.12. The van der Waals surface area contributed by atoms with Gasteiger partial charge in [0.15, 0.2) is 0 Å². The lowest BCUT2D eigenvalue weighted by atomic mass is 10.0. The van der Waals surface area contributed by atoms with E-state index in [-0.39, 0.29) is 5.75 Å². The largest absolute Gasteiger partial charge is 0.508 e. The van der Waals surface area contributed by atoms with Crippen LogP contribution in [0.3, 0.4) is 0 Å². The summed E-state index contributed by atoms with van der Waals surface area (Å²) in [5.74, 6) is 0.270. The molecule has 3 nitrogen and oxygen atoms in total. The lowest BCUT2D eigenvalue weighted by molar-refractivity contribution is 0.319. The minimum absolute atomic E-state index is 0.270. The molecule has 0 saturated carbocycles. The van der Waals surface area contributed by atoms with Gasteiger partial charge in [-0.1, -0.05) is 16.8 Å². The number of rotatable bonds is 3. The molecule has 0 aliphatic heterocycles. The highest BCUT2D eigenvalue weighted by Gasteiger charge is 2.04. The Labute approximate surface area is 95.7 Å². The van der Waals surface area contributed by atoms with Crippen LogP contribution >= 0.6 is 0 Å². The number of aromatic hydroxyl groups is 1. The molecule has 3 heteroatoms. The fraction of sp³-hybridized carbons (Fsp3) is 0.308. The van der Waals surface area contributed by atoms with E-state index >= 15 is 0 Å². The number of hydrogen-bond acceptors (Lipinski definition) is 3. The van der Waals surface area contributed by atoms with E-state index < -0.39 is 0 Å². The lowest BCUT2D eigenvalue weighted by Crippen LogP contribution is -1.96. The van der Waals surface area contributed by atoms with Crippen LogP contribution in [0, 0.1) is 0 Å². The van der Waals surface area contributed by atoms with Gasteiger partial charge in [0, 0.05) is 0 Å². The van der Waals surface area contributed by atoms with Crippen molar-refractivity contribution in [2.24, 2.45) is 5.16 Å². The van der Waals surface area contributed by atoms with E-state index in [1.165, 1.54) is 5.57 Å². The maximum Gasteiger partial charge on any atom is 0.119 e. The second-order valence-corrected chi connectivity index (χ2v) is 4.01. The van der Waals surface area contributed by atoms with Gasteiger partial charge in [-0.2, -0.15) is 0 Å². The van der Waals surface area contributed by atoms with E-state index in [1.54, 1.807) is 19.1 Å². The van der Waals surface area contributed by atoms with Gasteiger partial charge < -0.3 is 10.3 Å².